The molecule has 0 aliphatic carbocycles. The van der Waals surface area contributed by atoms with Crippen LogP contribution in [0.4, 0.5) is 11.8 Å². The number of para-hydroxylation sites is 1. The lowest BCUT2D eigenvalue weighted by atomic mass is 9.99. The van der Waals surface area contributed by atoms with Crippen LogP contribution in [-0.4, -0.2) is 47.1 Å². The Kier molecular flexibility index (Phi) is 3.15. The Morgan fingerprint density at radius 1 is 1.05 bits per heavy atom. The molecule has 5 heteroatoms. The third-order valence-corrected chi connectivity index (χ3v) is 4.74. The van der Waals surface area contributed by atoms with Gasteiger partial charge in [0.2, 0.25) is 5.95 Å². The largest absolute Gasteiger partial charge is 0.368 e. The number of hydrogen-bond acceptors (Lipinski definition) is 5. The van der Waals surface area contributed by atoms with Crippen LogP contribution < -0.4 is 10.6 Å². The normalized spacial score (nSPS) is 23.2. The van der Waals surface area contributed by atoms with E-state index in [9.17, 15) is 0 Å². The predicted molar refractivity (Wildman–Crippen MR) is 85.4 cm³/mol. The van der Waals surface area contributed by atoms with E-state index in [1.54, 1.807) is 0 Å². The molecule has 4 rings (SSSR count). The number of aromatic nitrogens is 2. The average molecular weight is 283 g/mol. The lowest BCUT2D eigenvalue weighted by Gasteiger charge is -2.44. The van der Waals surface area contributed by atoms with Gasteiger partial charge in [-0.1, -0.05) is 18.6 Å². The Morgan fingerprint density at radius 2 is 1.95 bits per heavy atom. The lowest BCUT2D eigenvalue weighted by Crippen LogP contribution is -2.55. The lowest BCUT2D eigenvalue weighted by molar-refractivity contribution is 0.133. The van der Waals surface area contributed by atoms with Crippen LogP contribution in [0.2, 0.25) is 0 Å². The monoisotopic (exact) mass is 283 g/mol. The highest BCUT2D eigenvalue weighted by molar-refractivity contribution is 5.90. The van der Waals surface area contributed by atoms with Crippen molar-refractivity contribution in [2.24, 2.45) is 0 Å². The fourth-order valence-electron chi connectivity index (χ4n) is 3.67. The van der Waals surface area contributed by atoms with Gasteiger partial charge in [-0.3, -0.25) is 4.90 Å². The van der Waals surface area contributed by atoms with Gasteiger partial charge < -0.3 is 10.6 Å². The van der Waals surface area contributed by atoms with E-state index in [-0.39, 0.29) is 0 Å². The number of benzene rings is 1. The average Bonchev–Trinajstić information content (AvgIpc) is 2.53. The summed E-state index contributed by atoms with van der Waals surface area (Å²) < 4.78 is 0. The second-order valence-corrected chi connectivity index (χ2v) is 6.05. The summed E-state index contributed by atoms with van der Waals surface area (Å²) in [6.07, 6.45) is 4.00. The van der Waals surface area contributed by atoms with Crippen molar-refractivity contribution in [1.82, 2.24) is 14.9 Å². The van der Waals surface area contributed by atoms with Gasteiger partial charge >= 0.3 is 0 Å². The Morgan fingerprint density at radius 3 is 2.90 bits per heavy atom. The van der Waals surface area contributed by atoms with Crippen molar-refractivity contribution >= 4 is 22.7 Å². The summed E-state index contributed by atoms with van der Waals surface area (Å²) >= 11 is 0. The Balaban J connectivity index is 1.70. The Bertz CT molecular complexity index is 656. The molecule has 110 valence electrons. The second kappa shape index (κ2) is 5.15. The van der Waals surface area contributed by atoms with E-state index in [4.69, 9.17) is 5.73 Å². The predicted octanol–water partition coefficient (Wildman–Crippen LogP) is 1.89. The molecule has 21 heavy (non-hydrogen) atoms. The molecule has 1 aromatic carbocycles. The van der Waals surface area contributed by atoms with Crippen molar-refractivity contribution in [3.05, 3.63) is 24.3 Å². The summed E-state index contributed by atoms with van der Waals surface area (Å²) in [6.45, 7) is 4.46. The first-order valence-corrected chi connectivity index (χ1v) is 7.82. The minimum Gasteiger partial charge on any atom is -0.368 e. The number of anilines is 2. The number of nitrogen functional groups attached to an aromatic ring is 1. The maximum atomic E-state index is 5.90. The Hall–Kier alpha value is -1.88. The van der Waals surface area contributed by atoms with Crippen molar-refractivity contribution in [2.45, 2.75) is 25.3 Å². The zero-order chi connectivity index (χ0) is 14.2. The summed E-state index contributed by atoms with van der Waals surface area (Å²) in [5, 5.41) is 1.11. The highest BCUT2D eigenvalue weighted by Crippen LogP contribution is 2.28. The molecule has 1 unspecified atom stereocenters. The minimum absolute atomic E-state index is 0.370. The fraction of sp³-hybridized carbons (Fsp3) is 0.500. The summed E-state index contributed by atoms with van der Waals surface area (Å²) in [6, 6.07) is 8.81. The van der Waals surface area contributed by atoms with Crippen LogP contribution in [0.15, 0.2) is 24.3 Å². The molecule has 2 aliphatic heterocycles. The van der Waals surface area contributed by atoms with Gasteiger partial charge in [0.1, 0.15) is 5.82 Å². The Labute approximate surface area is 124 Å². The van der Waals surface area contributed by atoms with Crippen molar-refractivity contribution in [1.29, 1.82) is 0 Å². The highest BCUT2D eigenvalue weighted by Gasteiger charge is 2.30. The van der Waals surface area contributed by atoms with Crippen molar-refractivity contribution in [2.75, 3.05) is 36.8 Å². The summed E-state index contributed by atoms with van der Waals surface area (Å²) in [5.41, 5.74) is 6.84. The van der Waals surface area contributed by atoms with Gasteiger partial charge in [-0.15, -0.1) is 0 Å². The van der Waals surface area contributed by atoms with E-state index in [0.717, 1.165) is 36.4 Å². The van der Waals surface area contributed by atoms with Crippen molar-refractivity contribution in [3.8, 4) is 0 Å². The number of rotatable bonds is 1. The SMILES string of the molecule is Nc1nc(N2CCN3CCCCC3C2)c2ccccc2n1. The van der Waals surface area contributed by atoms with Gasteiger partial charge in [0.05, 0.1) is 5.52 Å². The molecular weight excluding hydrogens is 262 g/mol. The van der Waals surface area contributed by atoms with Crippen LogP contribution in [0, 0.1) is 0 Å². The molecule has 0 spiro atoms. The highest BCUT2D eigenvalue weighted by atomic mass is 15.3. The third-order valence-electron chi connectivity index (χ3n) is 4.74. The molecule has 5 nitrogen and oxygen atoms in total. The van der Waals surface area contributed by atoms with Gasteiger partial charge in [0, 0.05) is 31.1 Å². The first kappa shape index (κ1) is 12.8. The van der Waals surface area contributed by atoms with Crippen molar-refractivity contribution in [3.63, 3.8) is 0 Å². The zero-order valence-corrected chi connectivity index (χ0v) is 12.2. The molecule has 2 aromatic rings. The van der Waals surface area contributed by atoms with Gasteiger partial charge in [-0.05, 0) is 31.5 Å². The van der Waals surface area contributed by atoms with E-state index >= 15 is 0 Å². The zero-order valence-electron chi connectivity index (χ0n) is 12.2. The number of fused-ring (bicyclic) bond motifs is 2. The molecule has 0 radical (unpaired) electrons. The molecule has 2 saturated heterocycles. The maximum absolute atomic E-state index is 5.90. The fourth-order valence-corrected chi connectivity index (χ4v) is 3.67. The van der Waals surface area contributed by atoms with Gasteiger partial charge in [0.25, 0.3) is 0 Å². The van der Waals surface area contributed by atoms with Crippen LogP contribution in [0.5, 0.6) is 0 Å². The molecule has 1 aromatic heterocycles. The molecule has 0 saturated carbocycles. The molecule has 1 atom stereocenters. The molecule has 0 bridgehead atoms. The summed E-state index contributed by atoms with van der Waals surface area (Å²) in [4.78, 5) is 13.9. The van der Waals surface area contributed by atoms with Crippen LogP contribution in [0.1, 0.15) is 19.3 Å². The topological polar surface area (TPSA) is 58.3 Å². The van der Waals surface area contributed by atoms with Crippen molar-refractivity contribution < 1.29 is 0 Å². The summed E-state index contributed by atoms with van der Waals surface area (Å²) in [7, 11) is 0. The standard InChI is InChI=1S/C16H21N5/c17-16-18-14-7-2-1-6-13(14)15(19-16)21-10-9-20-8-4-3-5-12(20)11-21/h1-2,6-7,12H,3-5,8-11H2,(H2,17,18,19). The van der Waals surface area contributed by atoms with Gasteiger partial charge in [-0.2, -0.15) is 4.98 Å². The smallest absolute Gasteiger partial charge is 0.222 e. The van der Waals surface area contributed by atoms with E-state index in [1.807, 2.05) is 18.2 Å². The van der Waals surface area contributed by atoms with E-state index in [0.29, 0.717) is 12.0 Å². The minimum atomic E-state index is 0.370. The number of nitrogens with zero attached hydrogens (tertiary/aromatic N) is 4. The number of hydrogen-bond donors (Lipinski definition) is 1. The maximum Gasteiger partial charge on any atom is 0.222 e. The van der Waals surface area contributed by atoms with Crippen LogP contribution in [-0.2, 0) is 0 Å². The van der Waals surface area contributed by atoms with Crippen LogP contribution in [0.25, 0.3) is 10.9 Å². The summed E-state index contributed by atoms with van der Waals surface area (Å²) in [5.74, 6) is 1.37. The van der Waals surface area contributed by atoms with Crippen LogP contribution >= 0.6 is 0 Å². The first-order chi connectivity index (χ1) is 10.3. The number of nitrogens with two attached hydrogens (primary N) is 1. The van der Waals surface area contributed by atoms with E-state index in [2.05, 4.69) is 25.8 Å². The van der Waals surface area contributed by atoms with Gasteiger partial charge in [0.15, 0.2) is 0 Å². The van der Waals surface area contributed by atoms with Gasteiger partial charge in [-0.25, -0.2) is 4.98 Å². The first-order valence-electron chi connectivity index (χ1n) is 7.82. The number of piperidine rings is 1. The molecule has 2 N–H and O–H groups in total. The van der Waals surface area contributed by atoms with E-state index < -0.39 is 0 Å². The third kappa shape index (κ3) is 2.31. The van der Waals surface area contributed by atoms with E-state index in [1.165, 1.54) is 25.8 Å². The number of piperazine rings is 1. The molecule has 2 aliphatic rings. The molecular formula is C16H21N5. The molecule has 3 heterocycles. The second-order valence-electron chi connectivity index (χ2n) is 6.05. The molecule has 2 fully saturated rings. The van der Waals surface area contributed by atoms with Crippen LogP contribution in [0.3, 0.4) is 0 Å². The quantitative estimate of drug-likeness (QED) is 0.866. The molecule has 0 amide bonds.